The van der Waals surface area contributed by atoms with Gasteiger partial charge in [0.15, 0.2) is 11.5 Å². The molecule has 2 aromatic carbocycles. The van der Waals surface area contributed by atoms with Gasteiger partial charge in [-0.3, -0.25) is 19.3 Å². The molecule has 2 aromatic rings. The molecule has 0 saturated carbocycles. The average molecular weight is 472 g/mol. The molecule has 0 unspecified atom stereocenters. The van der Waals surface area contributed by atoms with Crippen molar-refractivity contribution in [3.63, 3.8) is 0 Å². The van der Waals surface area contributed by atoms with Crippen molar-refractivity contribution in [2.45, 2.75) is 38.5 Å². The molecule has 0 aliphatic carbocycles. The quantitative estimate of drug-likeness (QED) is 0.329. The van der Waals surface area contributed by atoms with E-state index >= 15 is 0 Å². The van der Waals surface area contributed by atoms with Gasteiger partial charge in [0.1, 0.15) is 6.04 Å². The van der Waals surface area contributed by atoms with Gasteiger partial charge in [0.05, 0.1) is 12.8 Å². The van der Waals surface area contributed by atoms with Crippen LogP contribution in [0.1, 0.15) is 31.4 Å². The summed E-state index contributed by atoms with van der Waals surface area (Å²) >= 11 is 1.62. The predicted octanol–water partition coefficient (Wildman–Crippen LogP) is 3.29. The van der Waals surface area contributed by atoms with Gasteiger partial charge in [0.25, 0.3) is 0 Å². The molecule has 3 rings (SSSR count). The predicted molar refractivity (Wildman–Crippen MR) is 123 cm³/mol. The first-order chi connectivity index (χ1) is 15.8. The summed E-state index contributed by atoms with van der Waals surface area (Å²) in [7, 11) is 1.26. The topological polar surface area (TPSA) is 99.2 Å². The molecule has 1 heterocycles. The molecule has 8 nitrogen and oxygen atoms in total. The Balaban J connectivity index is 1.82. The summed E-state index contributed by atoms with van der Waals surface area (Å²) in [5.74, 6) is -0.622. The molecule has 0 saturated heterocycles. The van der Waals surface area contributed by atoms with Crippen LogP contribution in [0, 0.1) is 0 Å². The van der Waals surface area contributed by atoms with Crippen molar-refractivity contribution in [3.05, 3.63) is 53.6 Å². The van der Waals surface area contributed by atoms with Gasteiger partial charge < -0.3 is 14.2 Å². The summed E-state index contributed by atoms with van der Waals surface area (Å²) in [6, 6.07) is 12.0. The summed E-state index contributed by atoms with van der Waals surface area (Å²) in [6.45, 7) is 2.44. The molecular weight excluding hydrogens is 446 g/mol. The third-order valence-electron chi connectivity index (χ3n) is 4.95. The Hall–Kier alpha value is -3.33. The minimum absolute atomic E-state index is 0.00165. The molecule has 0 bridgehead atoms. The molecule has 9 heteroatoms. The number of benzene rings is 2. The van der Waals surface area contributed by atoms with Gasteiger partial charge in [-0.05, 0) is 17.2 Å². The van der Waals surface area contributed by atoms with E-state index in [9.17, 15) is 19.2 Å². The number of ether oxygens (including phenoxy) is 3. The van der Waals surface area contributed by atoms with Crippen LogP contribution in [0.15, 0.2) is 42.5 Å². The van der Waals surface area contributed by atoms with Crippen molar-refractivity contribution in [1.82, 2.24) is 0 Å². The van der Waals surface area contributed by atoms with E-state index in [1.54, 1.807) is 11.8 Å². The van der Waals surface area contributed by atoms with E-state index in [0.29, 0.717) is 17.0 Å². The van der Waals surface area contributed by atoms with Crippen LogP contribution in [0.3, 0.4) is 0 Å². The van der Waals surface area contributed by atoms with E-state index in [0.717, 1.165) is 11.3 Å². The summed E-state index contributed by atoms with van der Waals surface area (Å²) in [5, 5.41) is 0. The SMILES string of the molecule is COC(=O)[C@@H]1Cc2cc(OC(C)=O)c(OC(C)=O)cc2N1C(=O)CCSCc1ccccc1. The van der Waals surface area contributed by atoms with Crippen molar-refractivity contribution in [3.8, 4) is 11.5 Å². The molecule has 1 aliphatic heterocycles. The molecule has 1 amide bonds. The Labute approximate surface area is 196 Å². The highest BCUT2D eigenvalue weighted by Gasteiger charge is 2.40. The number of thioether (sulfide) groups is 1. The van der Waals surface area contributed by atoms with Crippen LogP contribution in [0.4, 0.5) is 5.69 Å². The Morgan fingerprint density at radius 3 is 2.24 bits per heavy atom. The van der Waals surface area contributed by atoms with Gasteiger partial charge in [0, 0.05) is 44.3 Å². The molecule has 33 heavy (non-hydrogen) atoms. The monoisotopic (exact) mass is 471 g/mol. The molecule has 1 aliphatic rings. The number of nitrogens with zero attached hydrogens (tertiary/aromatic N) is 1. The summed E-state index contributed by atoms with van der Waals surface area (Å²) < 4.78 is 15.3. The van der Waals surface area contributed by atoms with E-state index in [1.165, 1.54) is 38.0 Å². The van der Waals surface area contributed by atoms with E-state index in [4.69, 9.17) is 14.2 Å². The van der Waals surface area contributed by atoms with Crippen molar-refractivity contribution >= 4 is 41.3 Å². The third-order valence-corrected chi connectivity index (χ3v) is 5.98. The van der Waals surface area contributed by atoms with Gasteiger partial charge in [0.2, 0.25) is 5.91 Å². The van der Waals surface area contributed by atoms with Crippen LogP contribution in [0.5, 0.6) is 11.5 Å². The van der Waals surface area contributed by atoms with Gasteiger partial charge >= 0.3 is 17.9 Å². The standard InChI is InChI=1S/C24H25NO7S/c1-15(26)31-21-12-18-11-20(24(29)30-3)25(19(18)13-22(21)32-16(2)27)23(28)9-10-33-14-17-7-5-4-6-8-17/h4-8,12-13,20H,9-11,14H2,1-3H3/t20-/m0/s1. The number of rotatable bonds is 8. The lowest BCUT2D eigenvalue weighted by Gasteiger charge is -2.24. The maximum atomic E-state index is 13.2. The molecule has 1 atom stereocenters. The second-order valence-electron chi connectivity index (χ2n) is 7.41. The minimum atomic E-state index is -0.852. The zero-order valence-electron chi connectivity index (χ0n) is 18.7. The second kappa shape index (κ2) is 11.0. The lowest BCUT2D eigenvalue weighted by molar-refractivity contribution is -0.143. The molecular formula is C24H25NO7S. The largest absolute Gasteiger partial charge is 0.467 e. The first kappa shape index (κ1) is 24.3. The van der Waals surface area contributed by atoms with E-state index < -0.39 is 23.9 Å². The Bertz CT molecular complexity index is 1050. The zero-order chi connectivity index (χ0) is 24.0. The first-order valence-electron chi connectivity index (χ1n) is 10.4. The van der Waals surface area contributed by atoms with Crippen LogP contribution < -0.4 is 14.4 Å². The van der Waals surface area contributed by atoms with Crippen molar-refractivity contribution in [2.24, 2.45) is 0 Å². The van der Waals surface area contributed by atoms with Gasteiger partial charge in [-0.25, -0.2) is 4.79 Å². The number of fused-ring (bicyclic) bond motifs is 1. The normalized spacial score (nSPS) is 14.4. The number of esters is 3. The maximum Gasteiger partial charge on any atom is 0.329 e. The van der Waals surface area contributed by atoms with E-state index in [1.807, 2.05) is 30.3 Å². The van der Waals surface area contributed by atoms with Gasteiger partial charge in [-0.2, -0.15) is 11.8 Å². The molecule has 0 fully saturated rings. The maximum absolute atomic E-state index is 13.2. The van der Waals surface area contributed by atoms with Crippen LogP contribution >= 0.6 is 11.8 Å². The third kappa shape index (κ3) is 6.13. The summed E-state index contributed by atoms with van der Waals surface area (Å²) in [4.78, 5) is 50.0. The van der Waals surface area contributed by atoms with E-state index in [-0.39, 0.29) is 30.2 Å². The molecule has 0 radical (unpaired) electrons. The number of hydrogen-bond donors (Lipinski definition) is 0. The van der Waals surface area contributed by atoms with Crippen LogP contribution in [0.25, 0.3) is 0 Å². The van der Waals surface area contributed by atoms with Crippen molar-refractivity contribution in [2.75, 3.05) is 17.8 Å². The molecule has 0 aromatic heterocycles. The molecule has 174 valence electrons. The number of anilines is 1. The molecule has 0 N–H and O–H groups in total. The van der Waals surface area contributed by atoms with Crippen LogP contribution in [-0.4, -0.2) is 42.7 Å². The first-order valence-corrected chi connectivity index (χ1v) is 11.5. The lowest BCUT2D eigenvalue weighted by atomic mass is 10.1. The number of hydrogen-bond acceptors (Lipinski definition) is 8. The second-order valence-corrected chi connectivity index (χ2v) is 8.52. The summed E-state index contributed by atoms with van der Waals surface area (Å²) in [5.41, 5.74) is 2.20. The van der Waals surface area contributed by atoms with Crippen LogP contribution in [0.2, 0.25) is 0 Å². The smallest absolute Gasteiger partial charge is 0.329 e. The fraction of sp³-hybridized carbons (Fsp3) is 0.333. The van der Waals surface area contributed by atoms with Gasteiger partial charge in [-0.15, -0.1) is 0 Å². The highest BCUT2D eigenvalue weighted by molar-refractivity contribution is 7.98. The number of amides is 1. The van der Waals surface area contributed by atoms with Crippen molar-refractivity contribution < 1.29 is 33.4 Å². The average Bonchev–Trinajstić information content (AvgIpc) is 3.14. The lowest BCUT2D eigenvalue weighted by Crippen LogP contribution is -2.43. The summed E-state index contributed by atoms with van der Waals surface area (Å²) in [6.07, 6.45) is 0.401. The number of methoxy groups -OCH3 is 1. The highest BCUT2D eigenvalue weighted by atomic mass is 32.2. The van der Waals surface area contributed by atoms with Crippen molar-refractivity contribution in [1.29, 1.82) is 0 Å². The molecule has 0 spiro atoms. The van der Waals surface area contributed by atoms with E-state index in [2.05, 4.69) is 0 Å². The Morgan fingerprint density at radius 1 is 1.00 bits per heavy atom. The minimum Gasteiger partial charge on any atom is -0.467 e. The highest BCUT2D eigenvalue weighted by Crippen LogP contribution is 2.42. The van der Waals surface area contributed by atoms with Crippen LogP contribution in [-0.2, 0) is 36.1 Å². The number of carbonyl (C=O) groups is 4. The Morgan fingerprint density at radius 2 is 1.64 bits per heavy atom. The van der Waals surface area contributed by atoms with Gasteiger partial charge in [-0.1, -0.05) is 30.3 Å². The zero-order valence-corrected chi connectivity index (χ0v) is 19.5. The Kier molecular flexibility index (Phi) is 8.11. The number of carbonyl (C=O) groups excluding carboxylic acids is 4. The fourth-order valence-electron chi connectivity index (χ4n) is 3.59. The fourth-order valence-corrected chi connectivity index (χ4v) is 4.48.